The molecule has 0 aromatic rings. The molecule has 0 heterocycles. The Hall–Kier alpha value is 0.770. The van der Waals surface area contributed by atoms with Crippen molar-refractivity contribution >= 4 is 81.1 Å². The Morgan fingerprint density at radius 3 is 1.66 bits per heavy atom. The monoisotopic (exact) mass is 497 g/mol. The molecule has 0 aromatic carbocycles. The topological polar surface area (TPSA) is 145 Å². The average Bonchev–Trinajstić information content (AvgIpc) is 2.67. The molecule has 12 heteroatoms. The minimum atomic E-state index is -4.81. The Kier molecular flexibility index (Phi) is 29.0. The van der Waals surface area contributed by atoms with E-state index in [-0.39, 0.29) is 65.7 Å². The van der Waals surface area contributed by atoms with Crippen molar-refractivity contribution in [3.63, 3.8) is 0 Å². The van der Waals surface area contributed by atoms with E-state index in [0.29, 0.717) is 6.54 Å². The first-order valence-corrected chi connectivity index (χ1v) is 12.7. The number of aliphatic carboxylic acids is 1. The van der Waals surface area contributed by atoms with Crippen molar-refractivity contribution in [2.75, 3.05) is 32.7 Å². The minimum absolute atomic E-state index is 0. The summed E-state index contributed by atoms with van der Waals surface area (Å²) in [7, 11) is -4.81. The van der Waals surface area contributed by atoms with Gasteiger partial charge in [0, 0.05) is 85.3 Å². The van der Waals surface area contributed by atoms with Crippen LogP contribution in [-0.4, -0.2) is 127 Å². The second-order valence-corrected chi connectivity index (χ2v) is 9.18. The van der Waals surface area contributed by atoms with Crippen LogP contribution in [0.4, 0.5) is 0 Å². The van der Waals surface area contributed by atoms with Gasteiger partial charge in [0.05, 0.1) is 6.42 Å². The zero-order valence-corrected chi connectivity index (χ0v) is 25.1. The van der Waals surface area contributed by atoms with Gasteiger partial charge in [0.1, 0.15) is 0 Å². The zero-order valence-electron chi connectivity index (χ0n) is 20.3. The van der Waals surface area contributed by atoms with Gasteiger partial charge in [-0.1, -0.05) is 64.7 Å². The molecule has 32 heavy (non-hydrogen) atoms. The minimum Gasteiger partial charge on any atom is -0.480 e. The van der Waals surface area contributed by atoms with Crippen LogP contribution in [0.15, 0.2) is 0 Å². The van der Waals surface area contributed by atoms with Crippen molar-refractivity contribution in [2.45, 2.75) is 82.8 Å². The van der Waals surface area contributed by atoms with Crippen LogP contribution in [0, 0.1) is 0 Å². The van der Waals surface area contributed by atoms with Gasteiger partial charge >= 0.3 is 5.97 Å². The third-order valence-electron chi connectivity index (χ3n) is 4.82. The van der Waals surface area contributed by atoms with Gasteiger partial charge in [-0.25, -0.2) is 0 Å². The number of carbonyl (C=O) groups is 2. The van der Waals surface area contributed by atoms with Gasteiger partial charge in [0.15, 0.2) is 5.25 Å². The number of amides is 1. The summed E-state index contributed by atoms with van der Waals surface area (Å²) in [5, 5.41) is 15.5. The number of unbranched alkanes of at least 4 members (excludes halogenated alkanes) is 9. The first kappa shape index (κ1) is 37.3. The van der Waals surface area contributed by atoms with Crippen LogP contribution in [0.3, 0.4) is 0 Å². The summed E-state index contributed by atoms with van der Waals surface area (Å²) in [6.45, 7) is 5.50. The van der Waals surface area contributed by atoms with E-state index in [0.717, 1.165) is 19.6 Å². The Balaban J connectivity index is -0.00000420. The number of rotatable bonds is 21. The maximum Gasteiger partial charge on any atom is 0.324 e. The maximum absolute atomic E-state index is 11.6. The molecule has 0 aliphatic heterocycles. The smallest absolute Gasteiger partial charge is 0.324 e. The van der Waals surface area contributed by atoms with Gasteiger partial charge in [-0.05, 0) is 13.0 Å². The average molecular weight is 498 g/mol. The number of nitrogens with one attached hydrogen (secondary N) is 3. The van der Waals surface area contributed by atoms with E-state index in [1.165, 1.54) is 64.2 Å². The predicted molar refractivity (Wildman–Crippen MR) is 130 cm³/mol. The Morgan fingerprint density at radius 2 is 1.19 bits per heavy atom. The molecule has 180 valence electrons. The van der Waals surface area contributed by atoms with E-state index < -0.39 is 33.7 Å². The fraction of sp³-hybridized carbons (Fsp3) is 0.900. The fourth-order valence-corrected chi connectivity index (χ4v) is 3.63. The molecule has 0 saturated heterocycles. The van der Waals surface area contributed by atoms with Crippen LogP contribution >= 0.6 is 0 Å². The number of carbonyl (C=O) groups excluding carboxylic acids is 1. The molecule has 1 amide bonds. The van der Waals surface area contributed by atoms with Crippen LogP contribution in [-0.2, 0) is 19.7 Å². The molecular formula is C20H41N3Na2O6S. The van der Waals surface area contributed by atoms with Crippen LogP contribution in [0.25, 0.3) is 0 Å². The third kappa shape index (κ3) is 23.9. The van der Waals surface area contributed by atoms with E-state index in [2.05, 4.69) is 22.9 Å². The van der Waals surface area contributed by atoms with Gasteiger partial charge in [-0.3, -0.25) is 14.1 Å². The summed E-state index contributed by atoms with van der Waals surface area (Å²) in [5.74, 6) is -2.49. The van der Waals surface area contributed by atoms with Gasteiger partial charge in [-0.15, -0.1) is 0 Å². The molecule has 0 aliphatic rings. The Labute approximate surface area is 238 Å². The van der Waals surface area contributed by atoms with Gasteiger partial charge in [-0.2, -0.15) is 8.42 Å². The number of hydrogen-bond acceptors (Lipinski definition) is 6. The molecule has 1 unspecified atom stereocenters. The molecule has 0 rings (SSSR count). The fourth-order valence-electron chi connectivity index (χ4n) is 3.02. The molecular weight excluding hydrogens is 456 g/mol. The summed E-state index contributed by atoms with van der Waals surface area (Å²) in [6, 6.07) is 0. The summed E-state index contributed by atoms with van der Waals surface area (Å²) in [5.41, 5.74) is 0. The van der Waals surface area contributed by atoms with Crippen molar-refractivity contribution in [3.8, 4) is 0 Å². The second kappa shape index (κ2) is 24.9. The van der Waals surface area contributed by atoms with E-state index in [1.54, 1.807) is 0 Å². The summed E-state index contributed by atoms with van der Waals surface area (Å²) >= 11 is 0. The summed E-state index contributed by atoms with van der Waals surface area (Å²) < 4.78 is 30.6. The van der Waals surface area contributed by atoms with Crippen molar-refractivity contribution < 1.29 is 27.7 Å². The zero-order chi connectivity index (χ0) is 22.7. The molecule has 1 atom stereocenters. The summed E-state index contributed by atoms with van der Waals surface area (Å²) in [6.07, 6.45) is 12.4. The van der Waals surface area contributed by atoms with E-state index in [9.17, 15) is 18.0 Å². The second-order valence-electron chi connectivity index (χ2n) is 7.58. The molecule has 9 nitrogen and oxygen atoms in total. The quantitative estimate of drug-likeness (QED) is 0.0903. The first-order chi connectivity index (χ1) is 14.3. The SMILES string of the molecule is CCCCCCCCCCCCNCCNCCNC(=O)CC(C(=O)O)S(=O)(=O)O.[Na].[Na]. The third-order valence-corrected chi connectivity index (χ3v) is 5.90. The molecule has 0 spiro atoms. The first-order valence-electron chi connectivity index (χ1n) is 11.2. The van der Waals surface area contributed by atoms with Gasteiger partial charge < -0.3 is 21.1 Å². The van der Waals surface area contributed by atoms with Crippen LogP contribution in [0.1, 0.15) is 77.6 Å². The molecule has 2 radical (unpaired) electrons. The molecule has 0 fully saturated rings. The van der Waals surface area contributed by atoms with Crippen molar-refractivity contribution in [2.24, 2.45) is 0 Å². The standard InChI is InChI=1S/C20H41N3O6S.2Na/c1-2-3-4-5-6-7-8-9-10-11-12-21-13-14-22-15-16-23-19(24)17-18(20(25)26)30(27,28)29;;/h18,21-22H,2-17H2,1H3,(H,23,24)(H,25,26)(H,27,28,29);;. The molecule has 0 saturated carbocycles. The number of hydrogen-bond donors (Lipinski definition) is 5. The van der Waals surface area contributed by atoms with E-state index in [4.69, 9.17) is 9.66 Å². The van der Waals surface area contributed by atoms with Crippen LogP contribution < -0.4 is 16.0 Å². The maximum atomic E-state index is 11.6. The number of carboxylic acids is 1. The molecule has 5 N–H and O–H groups in total. The normalized spacial score (nSPS) is 11.8. The van der Waals surface area contributed by atoms with E-state index in [1.807, 2.05) is 0 Å². The largest absolute Gasteiger partial charge is 0.480 e. The van der Waals surface area contributed by atoms with E-state index >= 15 is 0 Å². The summed E-state index contributed by atoms with van der Waals surface area (Å²) in [4.78, 5) is 22.4. The molecule has 0 aliphatic carbocycles. The molecule has 0 aromatic heterocycles. The van der Waals surface area contributed by atoms with Crippen LogP contribution in [0.5, 0.6) is 0 Å². The van der Waals surface area contributed by atoms with Gasteiger partial charge in [0.25, 0.3) is 10.1 Å². The van der Waals surface area contributed by atoms with Crippen molar-refractivity contribution in [1.82, 2.24) is 16.0 Å². The predicted octanol–water partition coefficient (Wildman–Crippen LogP) is 1.17. The van der Waals surface area contributed by atoms with Crippen molar-refractivity contribution in [1.29, 1.82) is 0 Å². The Morgan fingerprint density at radius 1 is 0.750 bits per heavy atom. The Bertz CT molecular complexity index is 568. The number of carboxylic acid groups (broad SMARTS) is 1. The van der Waals surface area contributed by atoms with Crippen molar-refractivity contribution in [3.05, 3.63) is 0 Å². The van der Waals surface area contributed by atoms with Crippen LogP contribution in [0.2, 0.25) is 0 Å². The molecule has 0 bridgehead atoms. The van der Waals surface area contributed by atoms with Gasteiger partial charge in [0.2, 0.25) is 5.91 Å².